The summed E-state index contributed by atoms with van der Waals surface area (Å²) < 4.78 is 5.11. The molecule has 4 heteroatoms. The van der Waals surface area contributed by atoms with Crippen LogP contribution in [-0.2, 0) is 4.79 Å². The summed E-state index contributed by atoms with van der Waals surface area (Å²) in [6, 6.07) is 7.96. The molecule has 0 amide bonds. The number of carboxylic acid groups (broad SMARTS) is 1. The number of hydrogen-bond donors (Lipinski definition) is 2. The van der Waals surface area contributed by atoms with Gasteiger partial charge in [-0.15, -0.1) is 0 Å². The van der Waals surface area contributed by atoms with Crippen molar-refractivity contribution in [2.45, 2.75) is 18.9 Å². The van der Waals surface area contributed by atoms with Crippen LogP contribution in [0.5, 0.6) is 5.75 Å². The number of nitrogens with one attached hydrogen (secondary N) is 1. The highest BCUT2D eigenvalue weighted by Crippen LogP contribution is 2.41. The largest absolute Gasteiger partial charge is 0.497 e. The highest BCUT2D eigenvalue weighted by atomic mass is 16.5. The van der Waals surface area contributed by atoms with Crippen LogP contribution in [-0.4, -0.2) is 24.7 Å². The summed E-state index contributed by atoms with van der Waals surface area (Å²) in [5.74, 6) is 0.577. The van der Waals surface area contributed by atoms with Crippen LogP contribution in [0.25, 0.3) is 0 Å². The van der Waals surface area contributed by atoms with Crippen molar-refractivity contribution in [3.05, 3.63) is 29.8 Å². The molecule has 1 aromatic rings. The van der Waals surface area contributed by atoms with Gasteiger partial charge in [-0.05, 0) is 36.5 Å². The number of rotatable bonds is 6. The molecule has 0 spiro atoms. The van der Waals surface area contributed by atoms with Crippen molar-refractivity contribution in [1.82, 2.24) is 5.32 Å². The molecule has 4 nitrogen and oxygen atoms in total. The number of benzene rings is 1. The molecule has 2 N–H and O–H groups in total. The van der Waals surface area contributed by atoms with Crippen LogP contribution in [0.15, 0.2) is 24.3 Å². The summed E-state index contributed by atoms with van der Waals surface area (Å²) >= 11 is 0. The van der Waals surface area contributed by atoms with E-state index in [1.165, 1.54) is 12.8 Å². The molecule has 0 aliphatic heterocycles. The Balaban J connectivity index is 2.05. The molecule has 2 rings (SSSR count). The topological polar surface area (TPSA) is 58.6 Å². The lowest BCUT2D eigenvalue weighted by Gasteiger charge is -2.17. The maximum absolute atomic E-state index is 10.6. The first kappa shape index (κ1) is 11.9. The molecule has 0 bridgehead atoms. The zero-order chi connectivity index (χ0) is 12.3. The van der Waals surface area contributed by atoms with Gasteiger partial charge in [-0.2, -0.15) is 0 Å². The number of aliphatic carboxylic acids is 1. The van der Waals surface area contributed by atoms with Gasteiger partial charge in [0.25, 0.3) is 0 Å². The van der Waals surface area contributed by atoms with Gasteiger partial charge in [0.15, 0.2) is 0 Å². The summed E-state index contributed by atoms with van der Waals surface area (Å²) in [7, 11) is 1.63. The van der Waals surface area contributed by atoms with Crippen LogP contribution in [0.2, 0.25) is 0 Å². The fourth-order valence-corrected chi connectivity index (χ4v) is 1.99. The number of hydrogen-bond acceptors (Lipinski definition) is 3. The van der Waals surface area contributed by atoms with Crippen molar-refractivity contribution in [2.24, 2.45) is 5.92 Å². The molecule has 1 atom stereocenters. The average Bonchev–Trinajstić information content (AvgIpc) is 3.14. The van der Waals surface area contributed by atoms with Gasteiger partial charge in [-0.25, -0.2) is 0 Å². The monoisotopic (exact) mass is 235 g/mol. The van der Waals surface area contributed by atoms with E-state index in [1.807, 2.05) is 24.3 Å². The maximum Gasteiger partial charge on any atom is 0.317 e. The van der Waals surface area contributed by atoms with Crippen LogP contribution in [0.4, 0.5) is 0 Å². The van der Waals surface area contributed by atoms with Gasteiger partial charge in [0.05, 0.1) is 13.7 Å². The predicted octanol–water partition coefficient (Wildman–Crippen LogP) is 1.82. The molecule has 1 aromatic carbocycles. The molecular formula is C13H17NO3. The Morgan fingerprint density at radius 3 is 2.59 bits per heavy atom. The van der Waals surface area contributed by atoms with Gasteiger partial charge in [0.1, 0.15) is 5.75 Å². The first-order chi connectivity index (χ1) is 8.20. The van der Waals surface area contributed by atoms with Gasteiger partial charge in [0.2, 0.25) is 0 Å². The molecule has 0 saturated heterocycles. The van der Waals surface area contributed by atoms with E-state index < -0.39 is 5.97 Å². The second kappa shape index (κ2) is 5.19. The zero-order valence-electron chi connectivity index (χ0n) is 9.85. The van der Waals surface area contributed by atoms with Crippen LogP contribution in [0, 0.1) is 5.92 Å². The summed E-state index contributed by atoms with van der Waals surface area (Å²) in [5, 5.41) is 11.8. The lowest BCUT2D eigenvalue weighted by atomic mass is 10.0. The van der Waals surface area contributed by atoms with E-state index in [0.29, 0.717) is 5.92 Å². The fourth-order valence-electron chi connectivity index (χ4n) is 1.99. The van der Waals surface area contributed by atoms with Gasteiger partial charge < -0.3 is 9.84 Å². The third-order valence-corrected chi connectivity index (χ3v) is 3.04. The molecule has 0 radical (unpaired) electrons. The molecule has 0 aromatic heterocycles. The zero-order valence-corrected chi connectivity index (χ0v) is 9.85. The smallest absolute Gasteiger partial charge is 0.317 e. The Morgan fingerprint density at radius 2 is 2.12 bits per heavy atom. The van der Waals surface area contributed by atoms with Crippen molar-refractivity contribution >= 4 is 5.97 Å². The van der Waals surface area contributed by atoms with E-state index in [0.717, 1.165) is 11.3 Å². The highest BCUT2D eigenvalue weighted by molar-refractivity contribution is 5.69. The Bertz CT molecular complexity index is 384. The minimum Gasteiger partial charge on any atom is -0.497 e. The number of carbonyl (C=O) groups is 1. The third-order valence-electron chi connectivity index (χ3n) is 3.04. The first-order valence-electron chi connectivity index (χ1n) is 5.80. The minimum absolute atomic E-state index is 0.00714. The quantitative estimate of drug-likeness (QED) is 0.789. The predicted molar refractivity (Wildman–Crippen MR) is 64.1 cm³/mol. The molecule has 1 aliphatic rings. The maximum atomic E-state index is 10.6. The van der Waals surface area contributed by atoms with Crippen LogP contribution < -0.4 is 10.1 Å². The van der Waals surface area contributed by atoms with Crippen LogP contribution in [0.1, 0.15) is 24.4 Å². The first-order valence-corrected chi connectivity index (χ1v) is 5.80. The van der Waals surface area contributed by atoms with Crippen molar-refractivity contribution in [1.29, 1.82) is 0 Å². The summed E-state index contributed by atoms with van der Waals surface area (Å²) in [6.07, 6.45) is 2.34. The lowest BCUT2D eigenvalue weighted by Crippen LogP contribution is -2.28. The summed E-state index contributed by atoms with van der Waals surface area (Å²) in [5.41, 5.74) is 1.13. The van der Waals surface area contributed by atoms with Gasteiger partial charge in [-0.1, -0.05) is 12.1 Å². The third kappa shape index (κ3) is 3.20. The Morgan fingerprint density at radius 1 is 1.47 bits per heavy atom. The fraction of sp³-hybridized carbons (Fsp3) is 0.462. The van der Waals surface area contributed by atoms with Crippen molar-refractivity contribution < 1.29 is 14.6 Å². The molecule has 17 heavy (non-hydrogen) atoms. The molecular weight excluding hydrogens is 218 g/mol. The summed E-state index contributed by atoms with van der Waals surface area (Å²) in [6.45, 7) is 0.00714. The van der Waals surface area contributed by atoms with Crippen LogP contribution in [0.3, 0.4) is 0 Å². The minimum atomic E-state index is -0.816. The number of methoxy groups -OCH3 is 1. The highest BCUT2D eigenvalue weighted by Gasteiger charge is 2.32. The second-order valence-corrected chi connectivity index (χ2v) is 4.36. The van der Waals surface area contributed by atoms with Gasteiger partial charge in [0, 0.05) is 6.04 Å². The van der Waals surface area contributed by atoms with E-state index in [9.17, 15) is 4.79 Å². The molecule has 92 valence electrons. The van der Waals surface area contributed by atoms with Crippen molar-refractivity contribution in [2.75, 3.05) is 13.7 Å². The van der Waals surface area contributed by atoms with Gasteiger partial charge >= 0.3 is 5.97 Å². The van der Waals surface area contributed by atoms with Crippen molar-refractivity contribution in [3.8, 4) is 5.75 Å². The summed E-state index contributed by atoms with van der Waals surface area (Å²) in [4.78, 5) is 10.6. The molecule has 1 fully saturated rings. The van der Waals surface area contributed by atoms with Crippen LogP contribution >= 0.6 is 0 Å². The van der Waals surface area contributed by atoms with Gasteiger partial charge in [-0.3, -0.25) is 10.1 Å². The standard InChI is InChI=1S/C13H17NO3/c1-17-11-6-4-10(5-7-11)13(9-2-3-9)14-8-12(15)16/h4-7,9,13-14H,2-3,8H2,1H3,(H,15,16). The lowest BCUT2D eigenvalue weighted by molar-refractivity contribution is -0.136. The number of ether oxygens (including phenoxy) is 1. The SMILES string of the molecule is COc1ccc(C(NCC(=O)O)C2CC2)cc1. The average molecular weight is 235 g/mol. The number of carboxylic acids is 1. The Labute approximate surface area is 101 Å². The molecule has 1 unspecified atom stereocenters. The second-order valence-electron chi connectivity index (χ2n) is 4.36. The van der Waals surface area contributed by atoms with E-state index >= 15 is 0 Å². The van der Waals surface area contributed by atoms with Crippen molar-refractivity contribution in [3.63, 3.8) is 0 Å². The molecule has 0 heterocycles. The van der Waals surface area contributed by atoms with E-state index in [2.05, 4.69) is 5.32 Å². The van der Waals surface area contributed by atoms with E-state index in [4.69, 9.17) is 9.84 Å². The Hall–Kier alpha value is -1.55. The van der Waals surface area contributed by atoms with E-state index in [-0.39, 0.29) is 12.6 Å². The molecule has 1 aliphatic carbocycles. The normalized spacial score (nSPS) is 16.5. The van der Waals surface area contributed by atoms with E-state index in [1.54, 1.807) is 7.11 Å². The Kier molecular flexibility index (Phi) is 3.64. The molecule has 1 saturated carbocycles.